The summed E-state index contributed by atoms with van der Waals surface area (Å²) in [5.74, 6) is 1.09. The Morgan fingerprint density at radius 3 is 2.75 bits per heavy atom. The van der Waals surface area contributed by atoms with Gasteiger partial charge >= 0.3 is 0 Å². The molecule has 2 heterocycles. The summed E-state index contributed by atoms with van der Waals surface area (Å²) >= 11 is 1.59. The third kappa shape index (κ3) is 5.25. The monoisotopic (exact) mass is 446 g/mol. The van der Waals surface area contributed by atoms with Crippen molar-refractivity contribution in [3.63, 3.8) is 0 Å². The van der Waals surface area contributed by atoms with Crippen molar-refractivity contribution in [1.82, 2.24) is 25.6 Å². The van der Waals surface area contributed by atoms with Crippen LogP contribution in [0, 0.1) is 0 Å². The number of H-pyrrole nitrogens is 1. The molecule has 2 N–H and O–H groups in total. The number of para-hydroxylation sites is 2. The summed E-state index contributed by atoms with van der Waals surface area (Å²) in [5.41, 5.74) is 2.98. The summed E-state index contributed by atoms with van der Waals surface area (Å²) in [4.78, 5) is 17.7. The van der Waals surface area contributed by atoms with Gasteiger partial charge in [-0.3, -0.25) is 4.79 Å². The largest absolute Gasteiger partial charge is 0.483 e. The molecule has 8 nitrogen and oxygen atoms in total. The van der Waals surface area contributed by atoms with Gasteiger partial charge in [0.05, 0.1) is 11.4 Å². The Bertz CT molecular complexity index is 1220. The molecule has 0 saturated carbocycles. The van der Waals surface area contributed by atoms with Gasteiger partial charge in [0, 0.05) is 10.9 Å². The summed E-state index contributed by atoms with van der Waals surface area (Å²) < 4.78 is 5.75. The number of tetrazole rings is 1. The fraction of sp³-hybridized carbons (Fsp3) is 0.174. The van der Waals surface area contributed by atoms with Crippen LogP contribution in [0.2, 0.25) is 0 Å². The lowest BCUT2D eigenvalue weighted by molar-refractivity contribution is 0.102. The highest BCUT2D eigenvalue weighted by atomic mass is 32.1. The molecule has 0 unspecified atom stereocenters. The summed E-state index contributed by atoms with van der Waals surface area (Å²) in [6.07, 6.45) is 3.85. The van der Waals surface area contributed by atoms with E-state index in [9.17, 15) is 4.79 Å². The maximum absolute atomic E-state index is 13.1. The number of nitrogens with one attached hydrogen (secondary N) is 2. The summed E-state index contributed by atoms with van der Waals surface area (Å²) in [6.45, 7) is 4.37. The van der Waals surface area contributed by atoms with E-state index in [2.05, 4.69) is 50.2 Å². The zero-order valence-electron chi connectivity index (χ0n) is 17.6. The number of rotatable bonds is 8. The number of carbonyl (C=O) groups is 1. The highest BCUT2D eigenvalue weighted by molar-refractivity contribution is 7.10. The number of nitrogens with zero attached hydrogens (tertiary/aromatic N) is 4. The van der Waals surface area contributed by atoms with E-state index in [1.807, 2.05) is 42.5 Å². The molecule has 0 bridgehead atoms. The molecule has 0 aliphatic heterocycles. The van der Waals surface area contributed by atoms with Crippen LogP contribution in [-0.2, 0) is 6.61 Å². The molecule has 162 valence electrons. The number of amides is 1. The van der Waals surface area contributed by atoms with Gasteiger partial charge in [0.25, 0.3) is 5.91 Å². The number of anilines is 1. The molecule has 1 amide bonds. The molecular weight excluding hydrogens is 424 g/mol. The number of hydrogen-bond donors (Lipinski definition) is 2. The lowest BCUT2D eigenvalue weighted by atomic mass is 10.1. The van der Waals surface area contributed by atoms with Crippen molar-refractivity contribution < 1.29 is 9.53 Å². The Morgan fingerprint density at radius 1 is 1.16 bits per heavy atom. The third-order valence-corrected chi connectivity index (χ3v) is 5.45. The first kappa shape index (κ1) is 21.4. The summed E-state index contributed by atoms with van der Waals surface area (Å²) in [7, 11) is 0. The molecule has 2 aromatic heterocycles. The minimum atomic E-state index is -0.233. The lowest BCUT2D eigenvalue weighted by Crippen LogP contribution is -2.14. The smallest absolute Gasteiger partial charge is 0.256 e. The molecule has 0 saturated heterocycles. The van der Waals surface area contributed by atoms with E-state index in [4.69, 9.17) is 4.74 Å². The van der Waals surface area contributed by atoms with E-state index >= 15 is 0 Å². The number of benzene rings is 2. The number of hydrogen-bond acceptors (Lipinski definition) is 7. The molecule has 0 spiro atoms. The molecule has 32 heavy (non-hydrogen) atoms. The maximum Gasteiger partial charge on any atom is 0.256 e. The Morgan fingerprint density at radius 2 is 1.97 bits per heavy atom. The Kier molecular flexibility index (Phi) is 6.66. The predicted molar refractivity (Wildman–Crippen MR) is 124 cm³/mol. The average molecular weight is 447 g/mol. The quantitative estimate of drug-likeness (QED) is 0.403. The number of ether oxygens (including phenoxy) is 1. The zero-order chi connectivity index (χ0) is 22.3. The first-order chi connectivity index (χ1) is 15.6. The Hall–Kier alpha value is -3.85. The van der Waals surface area contributed by atoms with Crippen molar-refractivity contribution in [3.8, 4) is 5.75 Å². The topological polar surface area (TPSA) is 106 Å². The molecule has 0 aliphatic rings. The van der Waals surface area contributed by atoms with Gasteiger partial charge in [0.2, 0.25) is 5.82 Å². The predicted octanol–water partition coefficient (Wildman–Crippen LogP) is 4.78. The molecule has 4 aromatic rings. The van der Waals surface area contributed by atoms with Crippen LogP contribution in [0.25, 0.3) is 12.2 Å². The van der Waals surface area contributed by atoms with Crippen molar-refractivity contribution >= 4 is 35.1 Å². The number of aromatic nitrogens is 5. The molecule has 2 aromatic carbocycles. The number of aromatic amines is 1. The van der Waals surface area contributed by atoms with Crippen molar-refractivity contribution in [2.75, 3.05) is 5.32 Å². The molecular formula is C23H22N6O2S. The highest BCUT2D eigenvalue weighted by Crippen LogP contribution is 2.26. The van der Waals surface area contributed by atoms with Crippen molar-refractivity contribution in [1.29, 1.82) is 0 Å². The van der Waals surface area contributed by atoms with Crippen LogP contribution in [0.15, 0.2) is 53.9 Å². The minimum absolute atomic E-state index is 0.134. The van der Waals surface area contributed by atoms with Crippen molar-refractivity contribution in [2.24, 2.45) is 0 Å². The third-order valence-electron chi connectivity index (χ3n) is 4.62. The first-order valence-corrected chi connectivity index (χ1v) is 11.0. The van der Waals surface area contributed by atoms with E-state index in [0.717, 1.165) is 16.3 Å². The number of carbonyl (C=O) groups excluding carboxylic acids is 1. The van der Waals surface area contributed by atoms with Crippen LogP contribution in [0.5, 0.6) is 5.75 Å². The number of thiazole rings is 1. The van der Waals surface area contributed by atoms with Gasteiger partial charge in [-0.05, 0) is 35.8 Å². The van der Waals surface area contributed by atoms with E-state index < -0.39 is 0 Å². The van der Waals surface area contributed by atoms with Gasteiger partial charge in [-0.1, -0.05) is 55.5 Å². The standard InChI is InChI=1S/C23H22N6O2S/c1-15(2)19-14-32-22(24-19)12-11-16-7-3-4-8-17(16)23(30)25-18-9-5-6-10-20(18)31-13-21-26-28-29-27-21/h3-12,14-15H,13H2,1-2H3,(H,25,30)(H,26,27,28,29). The molecule has 0 fully saturated rings. The second-order valence-corrected chi connectivity index (χ2v) is 8.14. The van der Waals surface area contributed by atoms with Gasteiger partial charge in [-0.25, -0.2) is 4.98 Å². The minimum Gasteiger partial charge on any atom is -0.483 e. The average Bonchev–Trinajstić information content (AvgIpc) is 3.49. The van der Waals surface area contributed by atoms with E-state index in [1.165, 1.54) is 0 Å². The van der Waals surface area contributed by atoms with Crippen LogP contribution < -0.4 is 10.1 Å². The van der Waals surface area contributed by atoms with Gasteiger partial charge < -0.3 is 10.1 Å². The fourth-order valence-electron chi connectivity index (χ4n) is 2.92. The van der Waals surface area contributed by atoms with Gasteiger partial charge in [-0.2, -0.15) is 5.21 Å². The SMILES string of the molecule is CC(C)c1csc(C=Cc2ccccc2C(=O)Nc2ccccc2OCc2nn[nH]n2)n1. The summed E-state index contributed by atoms with van der Waals surface area (Å²) in [6, 6.07) is 14.7. The molecule has 0 aliphatic carbocycles. The van der Waals surface area contributed by atoms with Crippen molar-refractivity contribution in [2.45, 2.75) is 26.4 Å². The van der Waals surface area contributed by atoms with E-state index in [-0.39, 0.29) is 12.5 Å². The first-order valence-electron chi connectivity index (χ1n) is 10.1. The van der Waals surface area contributed by atoms with E-state index in [0.29, 0.717) is 28.7 Å². The van der Waals surface area contributed by atoms with Crippen LogP contribution in [0.3, 0.4) is 0 Å². The van der Waals surface area contributed by atoms with Gasteiger partial charge in [-0.15, -0.1) is 21.5 Å². The normalized spacial score (nSPS) is 11.2. The Balaban J connectivity index is 1.50. The fourth-order valence-corrected chi connectivity index (χ4v) is 3.80. The Labute approximate surface area is 189 Å². The molecule has 4 rings (SSSR count). The van der Waals surface area contributed by atoms with Crippen LogP contribution >= 0.6 is 11.3 Å². The maximum atomic E-state index is 13.1. The molecule has 9 heteroatoms. The second kappa shape index (κ2) is 9.97. The second-order valence-electron chi connectivity index (χ2n) is 7.25. The van der Waals surface area contributed by atoms with Crippen LogP contribution in [-0.4, -0.2) is 31.5 Å². The zero-order valence-corrected chi connectivity index (χ0v) is 18.5. The molecule has 0 radical (unpaired) electrons. The lowest BCUT2D eigenvalue weighted by Gasteiger charge is -2.12. The van der Waals surface area contributed by atoms with E-state index in [1.54, 1.807) is 29.5 Å². The van der Waals surface area contributed by atoms with Gasteiger partial charge in [0.1, 0.15) is 10.8 Å². The van der Waals surface area contributed by atoms with Crippen molar-refractivity contribution in [3.05, 3.63) is 81.6 Å². The summed E-state index contributed by atoms with van der Waals surface area (Å²) in [5, 5.41) is 19.5. The van der Waals surface area contributed by atoms with Gasteiger partial charge in [0.15, 0.2) is 6.61 Å². The highest BCUT2D eigenvalue weighted by Gasteiger charge is 2.13. The molecule has 0 atom stereocenters. The van der Waals surface area contributed by atoms with Crippen LogP contribution in [0.4, 0.5) is 5.69 Å². The van der Waals surface area contributed by atoms with Crippen LogP contribution in [0.1, 0.15) is 52.2 Å².